The molecule has 1 aromatic carbocycles. The molecule has 2 heterocycles. The Morgan fingerprint density at radius 1 is 1.35 bits per heavy atom. The summed E-state index contributed by atoms with van der Waals surface area (Å²) in [5.74, 6) is -2.52. The van der Waals surface area contributed by atoms with Crippen molar-refractivity contribution in [1.82, 2.24) is 14.7 Å². The molecule has 1 amide bonds. The highest BCUT2D eigenvalue weighted by molar-refractivity contribution is 6.33. The van der Waals surface area contributed by atoms with Crippen LogP contribution < -0.4 is 0 Å². The van der Waals surface area contributed by atoms with Crippen LogP contribution in [-0.4, -0.2) is 33.7 Å². The molecule has 2 aromatic rings. The molecule has 1 atom stereocenters. The van der Waals surface area contributed by atoms with Crippen molar-refractivity contribution in [3.05, 3.63) is 52.3 Å². The Kier molecular flexibility index (Phi) is 4.35. The van der Waals surface area contributed by atoms with Crippen LogP contribution in [0, 0.1) is 18.6 Å². The van der Waals surface area contributed by atoms with Gasteiger partial charge in [-0.05, 0) is 37.5 Å². The summed E-state index contributed by atoms with van der Waals surface area (Å²) in [7, 11) is 0. The molecule has 0 N–H and O–H groups in total. The number of likely N-dealkylation sites (tertiary alicyclic amines) is 1. The minimum Gasteiger partial charge on any atom is -0.336 e. The van der Waals surface area contributed by atoms with Gasteiger partial charge in [-0.25, -0.2) is 8.78 Å². The van der Waals surface area contributed by atoms with E-state index in [0.717, 1.165) is 30.5 Å². The minimum absolute atomic E-state index is 0.0112. The summed E-state index contributed by atoms with van der Waals surface area (Å²) in [4.78, 5) is 14.2. The number of nitrogens with zero attached hydrogens (tertiary/aromatic N) is 3. The molecule has 0 bridgehead atoms. The third-order valence-electron chi connectivity index (χ3n) is 4.03. The summed E-state index contributed by atoms with van der Waals surface area (Å²) in [5.41, 5.74) is 1.04. The van der Waals surface area contributed by atoms with E-state index < -0.39 is 11.6 Å². The van der Waals surface area contributed by atoms with Crippen LogP contribution in [-0.2, 0) is 0 Å². The molecule has 1 unspecified atom stereocenters. The fraction of sp³-hybridized carbons (Fsp3) is 0.375. The monoisotopic (exact) mass is 339 g/mol. The lowest BCUT2D eigenvalue weighted by atomic mass is 10.0. The third-order valence-corrected chi connectivity index (χ3v) is 4.34. The van der Waals surface area contributed by atoms with E-state index in [9.17, 15) is 13.6 Å². The number of hydrogen-bond acceptors (Lipinski definition) is 2. The number of hydrogen-bond donors (Lipinski definition) is 0. The van der Waals surface area contributed by atoms with Crippen LogP contribution in [0.1, 0.15) is 34.8 Å². The second-order valence-electron chi connectivity index (χ2n) is 5.79. The molecule has 1 saturated heterocycles. The summed E-state index contributed by atoms with van der Waals surface area (Å²) in [6.45, 7) is 2.98. The molecule has 1 aliphatic rings. The SMILES string of the molecule is Cc1cnn(C2CCCN(C(=O)c3cc(F)c(F)cc3Cl)C2)c1. The molecular weight excluding hydrogens is 324 g/mol. The zero-order valence-electron chi connectivity index (χ0n) is 12.6. The van der Waals surface area contributed by atoms with Crippen molar-refractivity contribution in [2.45, 2.75) is 25.8 Å². The predicted molar refractivity (Wildman–Crippen MR) is 82.5 cm³/mol. The van der Waals surface area contributed by atoms with Crippen molar-refractivity contribution >= 4 is 17.5 Å². The second-order valence-corrected chi connectivity index (χ2v) is 6.20. The molecule has 0 saturated carbocycles. The molecule has 122 valence electrons. The number of rotatable bonds is 2. The first kappa shape index (κ1) is 15.9. The molecule has 0 aliphatic carbocycles. The normalized spacial score (nSPS) is 18.3. The Hall–Kier alpha value is -1.95. The maximum Gasteiger partial charge on any atom is 0.255 e. The molecule has 3 rings (SSSR count). The number of halogens is 3. The number of aryl methyl sites for hydroxylation is 1. The molecule has 1 fully saturated rings. The maximum absolute atomic E-state index is 13.4. The van der Waals surface area contributed by atoms with Crippen LogP contribution in [0.4, 0.5) is 8.78 Å². The molecule has 4 nitrogen and oxygen atoms in total. The highest BCUT2D eigenvalue weighted by Gasteiger charge is 2.27. The van der Waals surface area contributed by atoms with E-state index in [-0.39, 0.29) is 22.5 Å². The fourth-order valence-corrected chi connectivity index (χ4v) is 3.08. The first-order valence-corrected chi connectivity index (χ1v) is 7.78. The van der Waals surface area contributed by atoms with E-state index in [4.69, 9.17) is 11.6 Å². The smallest absolute Gasteiger partial charge is 0.255 e. The van der Waals surface area contributed by atoms with Crippen molar-refractivity contribution in [1.29, 1.82) is 0 Å². The van der Waals surface area contributed by atoms with Gasteiger partial charge in [0.1, 0.15) is 0 Å². The Bertz CT molecular complexity index is 747. The molecule has 1 aromatic heterocycles. The van der Waals surface area contributed by atoms with Gasteiger partial charge in [-0.15, -0.1) is 0 Å². The number of piperidine rings is 1. The van der Waals surface area contributed by atoms with Crippen molar-refractivity contribution in [3.63, 3.8) is 0 Å². The van der Waals surface area contributed by atoms with Crippen LogP contribution in [0.5, 0.6) is 0 Å². The van der Waals surface area contributed by atoms with Gasteiger partial charge < -0.3 is 4.90 Å². The van der Waals surface area contributed by atoms with E-state index in [1.54, 1.807) is 11.1 Å². The van der Waals surface area contributed by atoms with Crippen molar-refractivity contribution in [2.24, 2.45) is 0 Å². The first-order chi connectivity index (χ1) is 11.0. The first-order valence-electron chi connectivity index (χ1n) is 7.40. The summed E-state index contributed by atoms with van der Waals surface area (Å²) in [5, 5.41) is 4.21. The van der Waals surface area contributed by atoms with Crippen LogP contribution >= 0.6 is 11.6 Å². The van der Waals surface area contributed by atoms with Crippen LogP contribution in [0.15, 0.2) is 24.5 Å². The zero-order chi connectivity index (χ0) is 16.6. The van der Waals surface area contributed by atoms with E-state index in [1.165, 1.54) is 0 Å². The average Bonchev–Trinajstić information content (AvgIpc) is 2.97. The molecule has 7 heteroatoms. The van der Waals surface area contributed by atoms with Crippen molar-refractivity contribution in [3.8, 4) is 0 Å². The summed E-state index contributed by atoms with van der Waals surface area (Å²) >= 11 is 5.90. The van der Waals surface area contributed by atoms with Gasteiger partial charge in [-0.1, -0.05) is 11.6 Å². The number of benzene rings is 1. The Balaban J connectivity index is 1.81. The van der Waals surface area contributed by atoms with Gasteiger partial charge in [-0.2, -0.15) is 5.10 Å². The van der Waals surface area contributed by atoms with Gasteiger partial charge in [0.15, 0.2) is 11.6 Å². The molecule has 0 radical (unpaired) electrons. The largest absolute Gasteiger partial charge is 0.336 e. The summed E-state index contributed by atoms with van der Waals surface area (Å²) in [6, 6.07) is 1.77. The Morgan fingerprint density at radius 2 is 2.09 bits per heavy atom. The number of carbonyl (C=O) groups excluding carboxylic acids is 1. The van der Waals surface area contributed by atoms with Gasteiger partial charge in [0.05, 0.1) is 22.8 Å². The number of aromatic nitrogens is 2. The highest BCUT2D eigenvalue weighted by atomic mass is 35.5. The van der Waals surface area contributed by atoms with E-state index in [1.807, 2.05) is 17.8 Å². The molecule has 23 heavy (non-hydrogen) atoms. The Morgan fingerprint density at radius 3 is 2.78 bits per heavy atom. The van der Waals surface area contributed by atoms with Crippen molar-refractivity contribution in [2.75, 3.05) is 13.1 Å². The van der Waals surface area contributed by atoms with Gasteiger partial charge in [0.2, 0.25) is 0 Å². The highest BCUT2D eigenvalue weighted by Crippen LogP contribution is 2.26. The van der Waals surface area contributed by atoms with Gasteiger partial charge >= 0.3 is 0 Å². The summed E-state index contributed by atoms with van der Waals surface area (Å²) in [6.07, 6.45) is 5.43. The van der Waals surface area contributed by atoms with Gasteiger partial charge in [0.25, 0.3) is 5.91 Å². The van der Waals surface area contributed by atoms with Crippen molar-refractivity contribution < 1.29 is 13.6 Å². The number of amides is 1. The molecule has 1 aliphatic heterocycles. The fourth-order valence-electron chi connectivity index (χ4n) is 2.84. The standard InChI is InChI=1S/C16H16ClF2N3O/c1-10-7-20-22(8-10)11-3-2-4-21(9-11)16(23)12-5-14(18)15(19)6-13(12)17/h5-8,11H,2-4,9H2,1H3. The zero-order valence-corrected chi connectivity index (χ0v) is 13.4. The summed E-state index contributed by atoms with van der Waals surface area (Å²) < 4.78 is 28.4. The van der Waals surface area contributed by atoms with Crippen LogP contribution in [0.2, 0.25) is 5.02 Å². The number of carbonyl (C=O) groups is 1. The van der Waals surface area contributed by atoms with Crippen LogP contribution in [0.25, 0.3) is 0 Å². The van der Waals surface area contributed by atoms with E-state index >= 15 is 0 Å². The topological polar surface area (TPSA) is 38.1 Å². The lowest BCUT2D eigenvalue weighted by molar-refractivity contribution is 0.0672. The lowest BCUT2D eigenvalue weighted by Gasteiger charge is -2.33. The molecular formula is C16H16ClF2N3O. The van der Waals surface area contributed by atoms with E-state index in [2.05, 4.69) is 5.10 Å². The second kappa shape index (κ2) is 6.28. The predicted octanol–water partition coefficient (Wildman–Crippen LogP) is 3.60. The quantitative estimate of drug-likeness (QED) is 0.784. The average molecular weight is 340 g/mol. The third kappa shape index (κ3) is 3.22. The maximum atomic E-state index is 13.4. The lowest BCUT2D eigenvalue weighted by Crippen LogP contribution is -2.41. The Labute approximate surface area is 137 Å². The van der Waals surface area contributed by atoms with E-state index in [0.29, 0.717) is 13.1 Å². The van der Waals surface area contributed by atoms with Gasteiger partial charge in [-0.3, -0.25) is 9.48 Å². The molecule has 0 spiro atoms. The van der Waals surface area contributed by atoms with Crippen LogP contribution in [0.3, 0.4) is 0 Å². The van der Waals surface area contributed by atoms with Gasteiger partial charge in [0, 0.05) is 19.3 Å². The minimum atomic E-state index is -1.07.